The van der Waals surface area contributed by atoms with Gasteiger partial charge in [-0.3, -0.25) is 14.1 Å². The monoisotopic (exact) mass is 501 g/mol. The summed E-state index contributed by atoms with van der Waals surface area (Å²) < 4.78 is 55.0. The van der Waals surface area contributed by atoms with Crippen molar-refractivity contribution in [1.82, 2.24) is 5.32 Å². The predicted molar refractivity (Wildman–Crippen MR) is 119 cm³/mol. The third-order valence-corrected chi connectivity index (χ3v) is 6.44. The molecule has 1 heterocycles. The Kier molecular flexibility index (Phi) is 9.83. The average molecular weight is 502 g/mol. The van der Waals surface area contributed by atoms with Gasteiger partial charge in [-0.15, -0.1) is 0 Å². The van der Waals surface area contributed by atoms with Gasteiger partial charge in [-0.1, -0.05) is 44.2 Å². The van der Waals surface area contributed by atoms with Crippen LogP contribution in [-0.2, 0) is 45.3 Å². The van der Waals surface area contributed by atoms with Crippen molar-refractivity contribution < 1.29 is 46.3 Å². The molecular weight excluding hydrogens is 470 g/mol. The highest BCUT2D eigenvalue weighted by atomic mass is 32.2. The van der Waals surface area contributed by atoms with Crippen LogP contribution in [0.3, 0.4) is 0 Å². The summed E-state index contributed by atoms with van der Waals surface area (Å²) in [5, 5.41) is 2.61. The summed E-state index contributed by atoms with van der Waals surface area (Å²) in [5.74, 6) is -1.94. The zero-order chi connectivity index (χ0) is 25.5. The molecule has 2 rings (SSSR count). The molecular formula is C22H31NO10S. The van der Waals surface area contributed by atoms with Crippen LogP contribution in [0.5, 0.6) is 0 Å². The summed E-state index contributed by atoms with van der Waals surface area (Å²) >= 11 is 0. The maximum atomic E-state index is 12.4. The fourth-order valence-corrected chi connectivity index (χ4v) is 4.54. The first-order valence-electron chi connectivity index (χ1n) is 10.9. The van der Waals surface area contributed by atoms with Crippen LogP contribution >= 0.6 is 0 Å². The van der Waals surface area contributed by atoms with Crippen LogP contribution in [-0.4, -0.2) is 60.8 Å². The van der Waals surface area contributed by atoms with E-state index in [0.29, 0.717) is 0 Å². The van der Waals surface area contributed by atoms with E-state index in [9.17, 15) is 27.4 Å². The summed E-state index contributed by atoms with van der Waals surface area (Å²) in [6, 6.07) is 8.13. The number of benzene rings is 1. The number of hydrogen-bond acceptors (Lipinski definition) is 9. The number of nitrogens with one attached hydrogen (secondary N) is 1. The van der Waals surface area contributed by atoms with Gasteiger partial charge < -0.3 is 24.3 Å². The molecule has 1 aliphatic rings. The van der Waals surface area contributed by atoms with Gasteiger partial charge in [0.25, 0.3) is 10.1 Å². The maximum absolute atomic E-state index is 12.4. The Bertz CT molecular complexity index is 952. The van der Waals surface area contributed by atoms with Gasteiger partial charge in [-0.05, 0) is 12.0 Å². The fraction of sp³-hybridized carbons (Fsp3) is 0.591. The van der Waals surface area contributed by atoms with E-state index < -0.39 is 63.9 Å². The molecule has 0 aromatic heterocycles. The molecule has 34 heavy (non-hydrogen) atoms. The van der Waals surface area contributed by atoms with E-state index in [0.717, 1.165) is 12.5 Å². The van der Waals surface area contributed by atoms with Crippen LogP contribution < -0.4 is 5.32 Å². The van der Waals surface area contributed by atoms with Crippen molar-refractivity contribution >= 4 is 28.1 Å². The molecule has 11 nitrogen and oxygen atoms in total. The van der Waals surface area contributed by atoms with Gasteiger partial charge in [-0.25, -0.2) is 4.79 Å². The molecule has 190 valence electrons. The zero-order valence-electron chi connectivity index (χ0n) is 19.5. The fourth-order valence-electron chi connectivity index (χ4n) is 3.82. The highest BCUT2D eigenvalue weighted by Gasteiger charge is 2.48. The quantitative estimate of drug-likeness (QED) is 0.292. The minimum absolute atomic E-state index is 0.00410. The number of ether oxygens (including phenoxy) is 4. The topological polar surface area (TPSA) is 155 Å². The summed E-state index contributed by atoms with van der Waals surface area (Å²) in [6.45, 7) is 5.68. The van der Waals surface area contributed by atoms with E-state index in [2.05, 4.69) is 5.32 Å². The van der Waals surface area contributed by atoms with E-state index in [4.69, 9.17) is 18.9 Å². The Morgan fingerprint density at radius 2 is 1.76 bits per heavy atom. The molecule has 6 atom stereocenters. The second-order valence-electron chi connectivity index (χ2n) is 8.08. The highest BCUT2D eigenvalue weighted by molar-refractivity contribution is 7.86. The van der Waals surface area contributed by atoms with Crippen LogP contribution in [0.1, 0.15) is 46.1 Å². The second kappa shape index (κ2) is 12.1. The number of amides is 1. The third kappa shape index (κ3) is 7.96. The van der Waals surface area contributed by atoms with Crippen LogP contribution in [0.2, 0.25) is 0 Å². The molecule has 1 saturated heterocycles. The van der Waals surface area contributed by atoms with Gasteiger partial charge in [0.2, 0.25) is 0 Å². The Balaban J connectivity index is 2.26. The van der Waals surface area contributed by atoms with Gasteiger partial charge in [0.1, 0.15) is 18.8 Å². The molecule has 0 unspecified atom stereocenters. The molecule has 0 aliphatic carbocycles. The Morgan fingerprint density at radius 3 is 2.29 bits per heavy atom. The lowest BCUT2D eigenvalue weighted by Gasteiger charge is -2.43. The van der Waals surface area contributed by atoms with Crippen LogP contribution in [0.4, 0.5) is 4.79 Å². The Hall–Kier alpha value is -2.70. The number of hydrogen-bond donors (Lipinski definition) is 2. The first-order valence-corrected chi connectivity index (χ1v) is 12.4. The number of carbonyl (C=O) groups is 3. The standard InChI is InChI=1S/C22H31NO10S/c1-5-18(31-14(3)24)21(32-15(4)25)20-13(2)17(11-19(33-20)34(27,28)29)23-22(26)30-12-16-9-7-6-8-10-16/h6-10,13,17-21H,5,11-12H2,1-4H3,(H,23,26)(H,27,28,29)/t13-,17+,18-,19+,20-,21-/m1/s1. The summed E-state index contributed by atoms with van der Waals surface area (Å²) in [4.78, 5) is 35.8. The summed E-state index contributed by atoms with van der Waals surface area (Å²) in [7, 11) is -4.69. The van der Waals surface area contributed by atoms with Crippen molar-refractivity contribution in [2.24, 2.45) is 5.92 Å². The third-order valence-electron chi connectivity index (χ3n) is 5.47. The lowest BCUT2D eigenvalue weighted by molar-refractivity contribution is -0.193. The lowest BCUT2D eigenvalue weighted by Crippen LogP contribution is -2.59. The van der Waals surface area contributed by atoms with Crippen molar-refractivity contribution in [3.05, 3.63) is 35.9 Å². The van der Waals surface area contributed by atoms with Gasteiger partial charge in [0, 0.05) is 32.2 Å². The van der Waals surface area contributed by atoms with Crippen molar-refractivity contribution in [1.29, 1.82) is 0 Å². The number of rotatable bonds is 9. The van der Waals surface area contributed by atoms with Crippen LogP contribution in [0.25, 0.3) is 0 Å². The molecule has 0 saturated carbocycles. The van der Waals surface area contributed by atoms with E-state index in [1.165, 1.54) is 6.92 Å². The molecule has 1 aromatic rings. The first kappa shape index (κ1) is 27.5. The van der Waals surface area contributed by atoms with Crippen molar-refractivity contribution in [3.8, 4) is 0 Å². The minimum atomic E-state index is -4.69. The first-order chi connectivity index (χ1) is 15.9. The smallest absolute Gasteiger partial charge is 0.407 e. The van der Waals surface area contributed by atoms with Crippen molar-refractivity contribution in [2.45, 2.75) is 76.9 Å². The Labute approximate surface area is 198 Å². The molecule has 0 spiro atoms. The normalized spacial score (nSPS) is 24.4. The highest BCUT2D eigenvalue weighted by Crippen LogP contribution is 2.33. The lowest BCUT2D eigenvalue weighted by atomic mass is 9.85. The number of carbonyl (C=O) groups excluding carboxylic acids is 3. The van der Waals surface area contributed by atoms with Gasteiger partial charge in [0.15, 0.2) is 11.5 Å². The molecule has 0 radical (unpaired) electrons. The van der Waals surface area contributed by atoms with E-state index >= 15 is 0 Å². The SMILES string of the molecule is CC[C@@H](OC(C)=O)[C@@H](OC(C)=O)[C@@H]1O[C@@H](S(=O)(=O)O)C[C@H](NC(=O)OCc2ccccc2)[C@H]1C. The molecule has 0 bridgehead atoms. The van der Waals surface area contributed by atoms with E-state index in [1.54, 1.807) is 38.1 Å². The van der Waals surface area contributed by atoms with E-state index in [1.807, 2.05) is 6.07 Å². The van der Waals surface area contributed by atoms with Gasteiger partial charge in [0.05, 0.1) is 0 Å². The van der Waals surface area contributed by atoms with Crippen molar-refractivity contribution in [2.75, 3.05) is 0 Å². The second-order valence-corrected chi connectivity index (χ2v) is 9.64. The maximum Gasteiger partial charge on any atom is 0.407 e. The van der Waals surface area contributed by atoms with E-state index in [-0.39, 0.29) is 19.4 Å². The van der Waals surface area contributed by atoms with Crippen LogP contribution in [0, 0.1) is 5.92 Å². The Morgan fingerprint density at radius 1 is 1.15 bits per heavy atom. The van der Waals surface area contributed by atoms with Crippen molar-refractivity contribution in [3.63, 3.8) is 0 Å². The van der Waals surface area contributed by atoms with Crippen LogP contribution in [0.15, 0.2) is 30.3 Å². The molecule has 1 aromatic carbocycles. The largest absolute Gasteiger partial charge is 0.459 e. The summed E-state index contributed by atoms with van der Waals surface area (Å²) in [6.07, 6.45) is -4.10. The zero-order valence-corrected chi connectivity index (χ0v) is 20.3. The summed E-state index contributed by atoms with van der Waals surface area (Å²) in [5.41, 5.74) is -0.950. The predicted octanol–water partition coefficient (Wildman–Crippen LogP) is 2.19. The molecule has 12 heteroatoms. The molecule has 1 fully saturated rings. The molecule has 1 amide bonds. The average Bonchev–Trinajstić information content (AvgIpc) is 2.75. The molecule has 1 aliphatic heterocycles. The minimum Gasteiger partial charge on any atom is -0.459 e. The number of alkyl carbamates (subject to hydrolysis) is 1. The molecule has 2 N–H and O–H groups in total. The number of esters is 2. The van der Waals surface area contributed by atoms with Gasteiger partial charge >= 0.3 is 18.0 Å². The van der Waals surface area contributed by atoms with Gasteiger partial charge in [-0.2, -0.15) is 8.42 Å².